The van der Waals surface area contributed by atoms with E-state index in [1.54, 1.807) is 12.1 Å². The van der Waals surface area contributed by atoms with Crippen LogP contribution in [0.3, 0.4) is 0 Å². The van der Waals surface area contributed by atoms with E-state index in [1.807, 2.05) is 0 Å². The predicted molar refractivity (Wildman–Crippen MR) is 61.3 cm³/mol. The summed E-state index contributed by atoms with van der Waals surface area (Å²) in [4.78, 5) is 0. The van der Waals surface area contributed by atoms with Gasteiger partial charge in [-0.3, -0.25) is 0 Å². The lowest BCUT2D eigenvalue weighted by atomic mass is 10.3. The minimum atomic E-state index is -3.00. The molecule has 1 rings (SSSR count). The first-order valence-electron chi connectivity index (χ1n) is 4.83. The van der Waals surface area contributed by atoms with Gasteiger partial charge < -0.3 is 10.1 Å². The van der Waals surface area contributed by atoms with Crippen molar-refractivity contribution >= 4 is 15.5 Å². The molecule has 96 valence electrons. The van der Waals surface area contributed by atoms with Crippen molar-refractivity contribution in [3.63, 3.8) is 0 Å². The molecule has 17 heavy (non-hydrogen) atoms. The normalized spacial score (nSPS) is 11.5. The zero-order valence-corrected chi connectivity index (χ0v) is 10.0. The molecular formula is C10H13F2NO3S. The van der Waals surface area contributed by atoms with Gasteiger partial charge in [0.15, 0.2) is 0 Å². The summed E-state index contributed by atoms with van der Waals surface area (Å²) in [5.74, 6) is 0.0797. The monoisotopic (exact) mass is 265 g/mol. The van der Waals surface area contributed by atoms with Gasteiger partial charge in [0.1, 0.15) is 15.6 Å². The molecule has 0 aliphatic carbocycles. The Morgan fingerprint density at radius 1 is 1.29 bits per heavy atom. The van der Waals surface area contributed by atoms with Gasteiger partial charge in [0.05, 0.1) is 5.75 Å². The standard InChI is InChI=1S/C10H13F2NO3S/c1-17(14,15)7-6-13-8-2-4-9(5-3-8)16-10(11)12/h2-5,10,13H,6-7H2,1H3. The van der Waals surface area contributed by atoms with E-state index in [2.05, 4.69) is 10.1 Å². The quantitative estimate of drug-likeness (QED) is 0.851. The van der Waals surface area contributed by atoms with Gasteiger partial charge >= 0.3 is 6.61 Å². The van der Waals surface area contributed by atoms with Gasteiger partial charge in [-0.2, -0.15) is 8.78 Å². The molecule has 0 spiro atoms. The van der Waals surface area contributed by atoms with Crippen molar-refractivity contribution in [2.24, 2.45) is 0 Å². The fraction of sp³-hybridized carbons (Fsp3) is 0.400. The molecule has 0 bridgehead atoms. The maximum absolute atomic E-state index is 11.9. The first kappa shape index (κ1) is 13.7. The Kier molecular flexibility index (Phi) is 4.68. The summed E-state index contributed by atoms with van der Waals surface area (Å²) in [5.41, 5.74) is 0.648. The molecule has 0 radical (unpaired) electrons. The summed E-state index contributed by atoms with van der Waals surface area (Å²) in [6.45, 7) is -2.58. The minimum absolute atomic E-state index is 0.0162. The molecule has 7 heteroatoms. The Morgan fingerprint density at radius 3 is 2.35 bits per heavy atom. The fourth-order valence-corrected chi connectivity index (χ4v) is 1.61. The zero-order chi connectivity index (χ0) is 12.9. The lowest BCUT2D eigenvalue weighted by molar-refractivity contribution is -0.0498. The SMILES string of the molecule is CS(=O)(=O)CCNc1ccc(OC(F)F)cc1. The highest BCUT2D eigenvalue weighted by atomic mass is 32.2. The number of ether oxygens (including phenoxy) is 1. The van der Waals surface area contributed by atoms with Crippen LogP contribution in [0.15, 0.2) is 24.3 Å². The van der Waals surface area contributed by atoms with E-state index in [-0.39, 0.29) is 18.0 Å². The molecule has 0 aliphatic rings. The maximum atomic E-state index is 11.9. The third-order valence-corrected chi connectivity index (χ3v) is 2.83. The van der Waals surface area contributed by atoms with Crippen LogP contribution in [-0.4, -0.2) is 33.6 Å². The Bertz CT molecular complexity index is 445. The lowest BCUT2D eigenvalue weighted by Crippen LogP contribution is -2.14. The third kappa shape index (κ3) is 6.06. The second kappa shape index (κ2) is 5.81. The number of halogens is 2. The van der Waals surface area contributed by atoms with Crippen molar-refractivity contribution in [3.05, 3.63) is 24.3 Å². The van der Waals surface area contributed by atoms with Crippen LogP contribution >= 0.6 is 0 Å². The summed E-state index contributed by atoms with van der Waals surface area (Å²) in [6.07, 6.45) is 1.15. The van der Waals surface area contributed by atoms with Gasteiger partial charge in [-0.1, -0.05) is 0 Å². The van der Waals surface area contributed by atoms with E-state index >= 15 is 0 Å². The molecule has 4 nitrogen and oxygen atoms in total. The van der Waals surface area contributed by atoms with Gasteiger partial charge in [-0.15, -0.1) is 0 Å². The van der Waals surface area contributed by atoms with Gasteiger partial charge in [0.2, 0.25) is 0 Å². The second-order valence-corrected chi connectivity index (χ2v) is 5.72. The average Bonchev–Trinajstić information content (AvgIpc) is 2.18. The summed E-state index contributed by atoms with van der Waals surface area (Å²) < 4.78 is 49.6. The van der Waals surface area contributed by atoms with Crippen molar-refractivity contribution in [2.75, 3.05) is 23.9 Å². The molecule has 0 heterocycles. The van der Waals surface area contributed by atoms with Gasteiger partial charge in [0.25, 0.3) is 0 Å². The molecule has 1 aromatic rings. The molecular weight excluding hydrogens is 252 g/mol. The minimum Gasteiger partial charge on any atom is -0.435 e. The summed E-state index contributed by atoms with van der Waals surface area (Å²) in [7, 11) is -3.00. The highest BCUT2D eigenvalue weighted by Crippen LogP contribution is 2.17. The molecule has 0 atom stereocenters. The zero-order valence-electron chi connectivity index (χ0n) is 9.19. The fourth-order valence-electron chi connectivity index (χ4n) is 1.13. The van der Waals surface area contributed by atoms with Crippen molar-refractivity contribution in [2.45, 2.75) is 6.61 Å². The smallest absolute Gasteiger partial charge is 0.387 e. The number of alkyl halides is 2. The van der Waals surface area contributed by atoms with E-state index in [1.165, 1.54) is 12.1 Å². The number of nitrogens with one attached hydrogen (secondary N) is 1. The number of rotatable bonds is 6. The number of hydrogen-bond acceptors (Lipinski definition) is 4. The number of hydrogen-bond donors (Lipinski definition) is 1. The average molecular weight is 265 g/mol. The van der Waals surface area contributed by atoms with Crippen LogP contribution in [0, 0.1) is 0 Å². The van der Waals surface area contributed by atoms with Gasteiger partial charge in [-0.05, 0) is 24.3 Å². The van der Waals surface area contributed by atoms with Crippen molar-refractivity contribution < 1.29 is 21.9 Å². The molecule has 0 aliphatic heterocycles. The number of anilines is 1. The molecule has 0 fully saturated rings. The van der Waals surface area contributed by atoms with E-state index in [4.69, 9.17) is 0 Å². The largest absolute Gasteiger partial charge is 0.435 e. The van der Waals surface area contributed by atoms with E-state index in [0.717, 1.165) is 6.26 Å². The Balaban J connectivity index is 2.46. The van der Waals surface area contributed by atoms with Gasteiger partial charge in [-0.25, -0.2) is 8.42 Å². The predicted octanol–water partition coefficient (Wildman–Crippen LogP) is 1.74. The van der Waals surface area contributed by atoms with Crippen LogP contribution in [0.2, 0.25) is 0 Å². The Morgan fingerprint density at radius 2 is 1.88 bits per heavy atom. The van der Waals surface area contributed by atoms with Gasteiger partial charge in [0, 0.05) is 18.5 Å². The van der Waals surface area contributed by atoms with Crippen LogP contribution in [-0.2, 0) is 9.84 Å². The summed E-state index contributed by atoms with van der Waals surface area (Å²) >= 11 is 0. The molecule has 1 N–H and O–H groups in total. The highest BCUT2D eigenvalue weighted by molar-refractivity contribution is 7.90. The molecule has 1 aromatic carbocycles. The summed E-state index contributed by atoms with van der Waals surface area (Å²) in [5, 5.41) is 2.86. The lowest BCUT2D eigenvalue weighted by Gasteiger charge is -2.07. The van der Waals surface area contributed by atoms with Crippen LogP contribution in [0.1, 0.15) is 0 Å². The first-order chi connectivity index (χ1) is 7.87. The van der Waals surface area contributed by atoms with Crippen molar-refractivity contribution in [1.29, 1.82) is 0 Å². The highest BCUT2D eigenvalue weighted by Gasteiger charge is 2.04. The maximum Gasteiger partial charge on any atom is 0.387 e. The van der Waals surface area contributed by atoms with E-state index in [0.29, 0.717) is 5.69 Å². The third-order valence-electron chi connectivity index (χ3n) is 1.88. The number of sulfone groups is 1. The van der Waals surface area contributed by atoms with Crippen molar-refractivity contribution in [1.82, 2.24) is 0 Å². The molecule has 0 saturated carbocycles. The van der Waals surface area contributed by atoms with E-state index in [9.17, 15) is 17.2 Å². The van der Waals surface area contributed by atoms with E-state index < -0.39 is 16.4 Å². The molecule has 0 unspecified atom stereocenters. The number of benzene rings is 1. The molecule has 0 aromatic heterocycles. The first-order valence-corrected chi connectivity index (χ1v) is 6.89. The molecule has 0 saturated heterocycles. The van der Waals surface area contributed by atoms with Crippen LogP contribution in [0.5, 0.6) is 5.75 Å². The topological polar surface area (TPSA) is 55.4 Å². The summed E-state index contributed by atoms with van der Waals surface area (Å²) in [6, 6.07) is 5.85. The van der Waals surface area contributed by atoms with Crippen LogP contribution in [0.4, 0.5) is 14.5 Å². The van der Waals surface area contributed by atoms with Crippen LogP contribution in [0.25, 0.3) is 0 Å². The Labute approximate surface area is 98.5 Å². The Hall–Kier alpha value is -1.37. The second-order valence-electron chi connectivity index (χ2n) is 3.46. The van der Waals surface area contributed by atoms with Crippen LogP contribution < -0.4 is 10.1 Å². The van der Waals surface area contributed by atoms with Crippen molar-refractivity contribution in [3.8, 4) is 5.75 Å². The molecule has 0 amide bonds.